The standard InChI is InChI=1S/C29H52N2O14/c1-17(34)18(31-22(36)10-4-6-14-42-28(41)26(40)27-19(44-27)11-13-32)8-2-5-12-30-21(35)9-3-7-15-43-29-25(39)24(38)23(37)20(16-33)45-29/h18-20,23-29,32-33,37-41H,2-16H2,1H3,(H,30,35)(H,31,36)/t18-,19?,20?,23?,24?,25?,26?,27?,28?,29?/m1/s1. The molecule has 0 radical (unpaired) electrons. The zero-order chi connectivity index (χ0) is 33.4. The van der Waals surface area contributed by atoms with Gasteiger partial charge >= 0.3 is 0 Å². The Hall–Kier alpha value is -1.83. The Kier molecular flexibility index (Phi) is 18.5. The van der Waals surface area contributed by atoms with E-state index in [1.807, 2.05) is 0 Å². The van der Waals surface area contributed by atoms with E-state index in [0.717, 1.165) is 0 Å². The molecule has 9 unspecified atom stereocenters. The first-order chi connectivity index (χ1) is 21.5. The number of Topliss-reactive ketones (excluding diaryl/α,β-unsaturated/α-hetero) is 1. The first-order valence-corrected chi connectivity index (χ1v) is 15.7. The number of aliphatic hydroxyl groups is 7. The van der Waals surface area contributed by atoms with Crippen molar-refractivity contribution in [1.82, 2.24) is 10.6 Å². The average Bonchev–Trinajstić information content (AvgIpc) is 3.78. The molecule has 9 N–H and O–H groups in total. The van der Waals surface area contributed by atoms with Gasteiger partial charge in [0.1, 0.15) is 36.6 Å². The molecule has 0 aromatic carbocycles. The van der Waals surface area contributed by atoms with Crippen molar-refractivity contribution in [2.75, 3.05) is 33.0 Å². The van der Waals surface area contributed by atoms with Crippen LogP contribution in [0.1, 0.15) is 71.1 Å². The molecule has 0 saturated carbocycles. The van der Waals surface area contributed by atoms with Crippen molar-refractivity contribution in [2.24, 2.45) is 0 Å². The molecule has 45 heavy (non-hydrogen) atoms. The Morgan fingerprint density at radius 3 is 2.18 bits per heavy atom. The third-order valence-electron chi connectivity index (χ3n) is 7.75. The summed E-state index contributed by atoms with van der Waals surface area (Å²) < 4.78 is 21.0. The Labute approximate surface area is 263 Å². The van der Waals surface area contributed by atoms with E-state index in [1.165, 1.54) is 6.92 Å². The monoisotopic (exact) mass is 652 g/mol. The highest BCUT2D eigenvalue weighted by Gasteiger charge is 2.47. The Morgan fingerprint density at radius 1 is 0.822 bits per heavy atom. The van der Waals surface area contributed by atoms with Gasteiger partial charge in [-0.25, -0.2) is 0 Å². The number of unbranched alkanes of at least 4 members (excludes halogenated alkanes) is 3. The van der Waals surface area contributed by atoms with Crippen LogP contribution in [0.15, 0.2) is 0 Å². The molecular formula is C29H52N2O14. The molecular weight excluding hydrogens is 600 g/mol. The Morgan fingerprint density at radius 2 is 1.51 bits per heavy atom. The molecule has 0 aliphatic carbocycles. The molecule has 2 amide bonds. The van der Waals surface area contributed by atoms with E-state index in [4.69, 9.17) is 24.1 Å². The van der Waals surface area contributed by atoms with Crippen molar-refractivity contribution in [1.29, 1.82) is 0 Å². The predicted molar refractivity (Wildman–Crippen MR) is 155 cm³/mol. The molecule has 2 heterocycles. The maximum absolute atomic E-state index is 12.3. The van der Waals surface area contributed by atoms with Crippen LogP contribution < -0.4 is 10.6 Å². The second-order valence-corrected chi connectivity index (χ2v) is 11.5. The highest BCUT2D eigenvalue weighted by atomic mass is 16.7. The molecule has 0 aromatic rings. The second-order valence-electron chi connectivity index (χ2n) is 11.5. The van der Waals surface area contributed by atoms with Gasteiger partial charge in [0, 0.05) is 39.2 Å². The number of amides is 2. The summed E-state index contributed by atoms with van der Waals surface area (Å²) >= 11 is 0. The number of carbonyl (C=O) groups is 3. The molecule has 10 atom stereocenters. The van der Waals surface area contributed by atoms with Gasteiger partial charge < -0.3 is 65.3 Å². The normalized spacial score (nSPS) is 28.2. The molecule has 16 nitrogen and oxygen atoms in total. The third kappa shape index (κ3) is 14.2. The van der Waals surface area contributed by atoms with Crippen LogP contribution in [-0.2, 0) is 33.3 Å². The summed E-state index contributed by atoms with van der Waals surface area (Å²) in [4.78, 5) is 36.4. The number of aliphatic hydroxyl groups excluding tert-OH is 7. The maximum atomic E-state index is 12.3. The van der Waals surface area contributed by atoms with E-state index in [0.29, 0.717) is 57.9 Å². The zero-order valence-corrected chi connectivity index (χ0v) is 25.9. The third-order valence-corrected chi connectivity index (χ3v) is 7.75. The van der Waals surface area contributed by atoms with E-state index in [2.05, 4.69) is 10.6 Å². The minimum atomic E-state index is -1.51. The number of hydrogen-bond acceptors (Lipinski definition) is 14. The van der Waals surface area contributed by atoms with E-state index < -0.39 is 61.9 Å². The summed E-state index contributed by atoms with van der Waals surface area (Å²) in [5.74, 6) is -0.601. The van der Waals surface area contributed by atoms with Gasteiger partial charge in [-0.2, -0.15) is 0 Å². The summed E-state index contributed by atoms with van der Waals surface area (Å²) in [6.07, 6.45) is -5.84. The van der Waals surface area contributed by atoms with E-state index in [1.54, 1.807) is 0 Å². The van der Waals surface area contributed by atoms with Gasteiger partial charge in [0.2, 0.25) is 11.8 Å². The molecule has 0 aromatic heterocycles. The Bertz CT molecular complexity index is 880. The largest absolute Gasteiger partial charge is 0.396 e. The quantitative estimate of drug-likeness (QED) is 0.0293. The van der Waals surface area contributed by atoms with Gasteiger partial charge in [0.15, 0.2) is 18.4 Å². The number of ether oxygens (including phenoxy) is 4. The van der Waals surface area contributed by atoms with Crippen molar-refractivity contribution in [3.63, 3.8) is 0 Å². The lowest BCUT2D eigenvalue weighted by atomic mass is 9.99. The van der Waals surface area contributed by atoms with Gasteiger partial charge in [-0.3, -0.25) is 14.4 Å². The zero-order valence-electron chi connectivity index (χ0n) is 25.9. The SMILES string of the molecule is CC(=O)[C@@H](CCCCNC(=O)CCCCOC1OC(CO)C(O)C(O)C1O)NC(=O)CCCCOC(O)C(O)C1OC1CCO. The lowest BCUT2D eigenvalue weighted by Gasteiger charge is -2.39. The lowest BCUT2D eigenvalue weighted by molar-refractivity contribution is -0.301. The highest BCUT2D eigenvalue weighted by Crippen LogP contribution is 2.30. The molecule has 2 rings (SSSR count). The fourth-order valence-corrected chi connectivity index (χ4v) is 4.89. The van der Waals surface area contributed by atoms with Gasteiger partial charge in [0.05, 0.1) is 18.8 Å². The van der Waals surface area contributed by atoms with Gasteiger partial charge in [0.25, 0.3) is 0 Å². The first-order valence-electron chi connectivity index (χ1n) is 15.7. The number of epoxide rings is 1. The maximum Gasteiger partial charge on any atom is 0.220 e. The molecule has 16 heteroatoms. The number of hydrogen-bond donors (Lipinski definition) is 9. The van der Waals surface area contributed by atoms with Crippen LogP contribution in [0, 0.1) is 0 Å². The van der Waals surface area contributed by atoms with Crippen LogP contribution in [-0.4, -0.2) is 148 Å². The fraction of sp³-hybridized carbons (Fsp3) is 0.897. The van der Waals surface area contributed by atoms with Gasteiger partial charge in [-0.1, -0.05) is 0 Å². The van der Waals surface area contributed by atoms with E-state index >= 15 is 0 Å². The highest BCUT2D eigenvalue weighted by molar-refractivity contribution is 5.87. The predicted octanol–water partition coefficient (Wildman–Crippen LogP) is -2.65. The van der Waals surface area contributed by atoms with Crippen LogP contribution >= 0.6 is 0 Å². The summed E-state index contributed by atoms with van der Waals surface area (Å²) in [5, 5.41) is 73.0. The molecule has 0 spiro atoms. The van der Waals surface area contributed by atoms with Crippen molar-refractivity contribution in [3.05, 3.63) is 0 Å². The van der Waals surface area contributed by atoms with E-state index in [-0.39, 0.29) is 56.4 Å². The average molecular weight is 653 g/mol. The summed E-state index contributed by atoms with van der Waals surface area (Å²) in [7, 11) is 0. The van der Waals surface area contributed by atoms with Crippen molar-refractivity contribution < 1.29 is 69.1 Å². The van der Waals surface area contributed by atoms with Crippen LogP contribution in [0.4, 0.5) is 0 Å². The molecule has 2 aliphatic rings. The lowest BCUT2D eigenvalue weighted by Crippen LogP contribution is -2.59. The molecule has 2 saturated heterocycles. The minimum absolute atomic E-state index is 0.0720. The minimum Gasteiger partial charge on any atom is -0.396 e. The van der Waals surface area contributed by atoms with Gasteiger partial charge in [-0.15, -0.1) is 0 Å². The van der Waals surface area contributed by atoms with Crippen LogP contribution in [0.25, 0.3) is 0 Å². The first kappa shape index (κ1) is 39.3. The van der Waals surface area contributed by atoms with E-state index in [9.17, 15) is 45.0 Å². The molecule has 0 bridgehead atoms. The smallest absolute Gasteiger partial charge is 0.220 e. The fourth-order valence-electron chi connectivity index (χ4n) is 4.89. The number of rotatable bonds is 24. The number of ketones is 1. The molecule has 262 valence electrons. The topological polar surface area (TPSA) is 257 Å². The molecule has 2 aliphatic heterocycles. The van der Waals surface area contributed by atoms with Crippen molar-refractivity contribution in [2.45, 2.75) is 132 Å². The van der Waals surface area contributed by atoms with Crippen molar-refractivity contribution >= 4 is 17.6 Å². The van der Waals surface area contributed by atoms with Gasteiger partial charge in [-0.05, 0) is 58.3 Å². The summed E-state index contributed by atoms with van der Waals surface area (Å²) in [6.45, 7) is 1.46. The second kappa shape index (κ2) is 21.1. The van der Waals surface area contributed by atoms with Crippen molar-refractivity contribution in [3.8, 4) is 0 Å². The summed E-state index contributed by atoms with van der Waals surface area (Å²) in [5.41, 5.74) is 0. The summed E-state index contributed by atoms with van der Waals surface area (Å²) in [6, 6.07) is -0.629. The van der Waals surface area contributed by atoms with Crippen LogP contribution in [0.3, 0.4) is 0 Å². The van der Waals surface area contributed by atoms with Crippen LogP contribution in [0.2, 0.25) is 0 Å². The number of carbonyl (C=O) groups excluding carboxylic acids is 3. The number of nitrogens with one attached hydrogen (secondary N) is 2. The van der Waals surface area contributed by atoms with Crippen LogP contribution in [0.5, 0.6) is 0 Å². The Balaban J connectivity index is 1.48. The molecule has 2 fully saturated rings.